The van der Waals surface area contributed by atoms with Gasteiger partial charge in [0.1, 0.15) is 36.9 Å². The largest absolute Gasteiger partial charge is 0.461 e. The highest BCUT2D eigenvalue weighted by Crippen LogP contribution is 2.34. The topological polar surface area (TPSA) is 165 Å². The molecule has 0 spiro atoms. The Kier molecular flexibility index (Phi) is 9.72. The van der Waals surface area contributed by atoms with Crippen LogP contribution in [0.1, 0.15) is 43.1 Å². The molecule has 4 aliphatic rings. The summed E-state index contributed by atoms with van der Waals surface area (Å²) >= 11 is 7.35. The summed E-state index contributed by atoms with van der Waals surface area (Å²) in [4.78, 5) is 35.3. The van der Waals surface area contributed by atoms with E-state index >= 15 is 0 Å². The molecule has 0 bridgehead atoms. The van der Waals surface area contributed by atoms with Crippen LogP contribution in [0.5, 0.6) is 0 Å². The van der Waals surface area contributed by atoms with Gasteiger partial charge in [-0.1, -0.05) is 30.7 Å². The third-order valence-corrected chi connectivity index (χ3v) is 9.26. The van der Waals surface area contributed by atoms with Crippen LogP contribution < -0.4 is 16.0 Å². The molecule has 4 heterocycles. The number of thioether (sulfide) groups is 1. The first-order valence-corrected chi connectivity index (χ1v) is 15.0. The van der Waals surface area contributed by atoms with Gasteiger partial charge in [0.2, 0.25) is 5.91 Å². The summed E-state index contributed by atoms with van der Waals surface area (Å²) in [6.45, 7) is 0.224. The first-order valence-electron chi connectivity index (χ1n) is 13.4. The maximum atomic E-state index is 12.2. The van der Waals surface area contributed by atoms with E-state index in [4.69, 9.17) is 30.5 Å². The van der Waals surface area contributed by atoms with Gasteiger partial charge < -0.3 is 45.1 Å². The van der Waals surface area contributed by atoms with Crippen molar-refractivity contribution in [3.8, 4) is 0 Å². The van der Waals surface area contributed by atoms with Gasteiger partial charge in [0, 0.05) is 23.0 Å². The lowest BCUT2D eigenvalue weighted by molar-refractivity contribution is -0.330. The van der Waals surface area contributed by atoms with E-state index in [-0.39, 0.29) is 43.2 Å². The zero-order chi connectivity index (χ0) is 28.2. The number of fused-ring (bicyclic) bond motifs is 2. The maximum Gasteiger partial charge on any atom is 0.315 e. The predicted molar refractivity (Wildman–Crippen MR) is 143 cm³/mol. The number of urea groups is 1. The lowest BCUT2D eigenvalue weighted by Crippen LogP contribution is -2.65. The number of alkyl halides is 1. The van der Waals surface area contributed by atoms with Crippen molar-refractivity contribution in [2.45, 2.75) is 86.6 Å². The lowest BCUT2D eigenvalue weighted by Gasteiger charge is -2.46. The van der Waals surface area contributed by atoms with Crippen LogP contribution in [0.2, 0.25) is 0 Å². The van der Waals surface area contributed by atoms with Crippen LogP contribution in [-0.2, 0) is 35.1 Å². The molecule has 0 aliphatic carbocycles. The fraction of sp³-hybridized carbons (Fsp3) is 0.654. The highest BCUT2D eigenvalue weighted by atomic mass is 35.5. The van der Waals surface area contributed by atoms with Crippen LogP contribution in [-0.4, -0.2) is 94.3 Å². The molecule has 220 valence electrons. The van der Waals surface area contributed by atoms with E-state index in [0.29, 0.717) is 17.2 Å². The zero-order valence-electron chi connectivity index (χ0n) is 21.7. The van der Waals surface area contributed by atoms with Crippen LogP contribution in [0.25, 0.3) is 0 Å². The Morgan fingerprint density at radius 3 is 2.70 bits per heavy atom. The van der Waals surface area contributed by atoms with E-state index in [9.17, 15) is 24.6 Å². The van der Waals surface area contributed by atoms with Crippen molar-refractivity contribution >= 4 is 41.3 Å². The molecule has 5 N–H and O–H groups in total. The Hall–Kier alpha value is -2.13. The molecule has 1 aromatic carbocycles. The molecule has 0 aromatic heterocycles. The van der Waals surface area contributed by atoms with E-state index in [1.165, 1.54) is 0 Å². The molecule has 1 aromatic rings. The Labute approximate surface area is 240 Å². The average Bonchev–Trinajstić information content (AvgIpc) is 3.52. The van der Waals surface area contributed by atoms with E-state index in [2.05, 4.69) is 16.0 Å². The molecule has 4 aliphatic heterocycles. The van der Waals surface area contributed by atoms with Crippen molar-refractivity contribution in [1.82, 2.24) is 16.0 Å². The van der Waals surface area contributed by atoms with Crippen LogP contribution in [0.4, 0.5) is 4.79 Å². The number of ether oxygens (including phenoxy) is 4. The number of aliphatic hydroxyl groups excluding tert-OH is 2. The van der Waals surface area contributed by atoms with Crippen LogP contribution >= 0.6 is 23.4 Å². The molecule has 40 heavy (non-hydrogen) atoms. The van der Waals surface area contributed by atoms with Gasteiger partial charge in [-0.25, -0.2) is 4.79 Å². The number of amides is 3. The summed E-state index contributed by atoms with van der Waals surface area (Å²) in [5.74, 6) is -0.172. The van der Waals surface area contributed by atoms with Crippen LogP contribution in [0.15, 0.2) is 24.3 Å². The number of esters is 1. The van der Waals surface area contributed by atoms with Crippen LogP contribution in [0, 0.1) is 0 Å². The Morgan fingerprint density at radius 1 is 1.12 bits per heavy atom. The number of carbonyl (C=O) groups excluding carboxylic acids is 3. The summed E-state index contributed by atoms with van der Waals surface area (Å²) in [5.41, 5.74) is 1.49. The molecule has 2 unspecified atom stereocenters. The van der Waals surface area contributed by atoms with E-state index in [0.717, 1.165) is 30.6 Å². The number of aliphatic hydroxyl groups is 2. The predicted octanol–water partition coefficient (Wildman–Crippen LogP) is 0.671. The number of halogens is 1. The second-order valence-electron chi connectivity index (χ2n) is 10.3. The second kappa shape index (κ2) is 13.2. The van der Waals surface area contributed by atoms with Gasteiger partial charge in [-0.05, 0) is 18.4 Å². The number of rotatable bonds is 10. The number of benzene rings is 1. The third kappa shape index (κ3) is 6.84. The molecular formula is C26H34ClN3O9S. The molecule has 14 heteroatoms. The monoisotopic (exact) mass is 599 g/mol. The van der Waals surface area contributed by atoms with Crippen molar-refractivity contribution in [2.75, 3.05) is 18.2 Å². The minimum atomic E-state index is -1.40. The first kappa shape index (κ1) is 29.4. The molecule has 3 amide bonds. The van der Waals surface area contributed by atoms with Crippen molar-refractivity contribution in [1.29, 1.82) is 0 Å². The van der Waals surface area contributed by atoms with Gasteiger partial charge in [-0.15, -0.1) is 11.6 Å². The van der Waals surface area contributed by atoms with Gasteiger partial charge in [0.25, 0.3) is 0 Å². The fourth-order valence-corrected chi connectivity index (χ4v) is 6.98. The summed E-state index contributed by atoms with van der Waals surface area (Å²) in [7, 11) is 0. The highest BCUT2D eigenvalue weighted by molar-refractivity contribution is 8.00. The Morgan fingerprint density at radius 2 is 1.93 bits per heavy atom. The molecule has 0 radical (unpaired) electrons. The molecule has 4 fully saturated rings. The van der Waals surface area contributed by atoms with Gasteiger partial charge in [-0.2, -0.15) is 11.8 Å². The van der Waals surface area contributed by atoms with Crippen LogP contribution in [0.3, 0.4) is 0 Å². The maximum absolute atomic E-state index is 12.2. The normalized spacial score (nSPS) is 34.8. The standard InChI is InChI=1S/C26H34ClN3O9S/c27-9-18(31)29-24-22(34)21(33)23-16(38-24)11-37-25(39-23)14-7-5-13(6-8-14)10-36-19(32)4-2-1-3-17-20-15(12-40-17)28-26(35)30-20/h5-8,15-17,20-25,33-34H,1-4,9-12H2,(H,29,31)(H2,28,30,35)/t15-,16+,17-,20-,21+,22+,23?,24+,25?/m0/s1. The fourth-order valence-electron chi connectivity index (χ4n) is 5.36. The smallest absolute Gasteiger partial charge is 0.315 e. The lowest BCUT2D eigenvalue weighted by atomic mass is 9.97. The van der Waals surface area contributed by atoms with Gasteiger partial charge in [-0.3, -0.25) is 9.59 Å². The minimum Gasteiger partial charge on any atom is -0.461 e. The van der Waals surface area contributed by atoms with Crippen molar-refractivity contribution in [2.24, 2.45) is 0 Å². The quantitative estimate of drug-likeness (QED) is 0.112. The Bertz CT molecular complexity index is 1060. The second-order valence-corrected chi connectivity index (χ2v) is 11.9. The number of hydrogen-bond acceptors (Lipinski definition) is 10. The van der Waals surface area contributed by atoms with E-state index < -0.39 is 42.8 Å². The SMILES string of the molecule is O=C(CCl)N[C@@H]1O[C@@H]2COC(c3ccc(COC(=O)CCCC[C@@H]4SC[C@@H]5NC(=O)N[C@@H]54)cc3)OC2[C@H](O)[C@H]1O. The van der Waals surface area contributed by atoms with Gasteiger partial charge >= 0.3 is 12.0 Å². The Balaban J connectivity index is 1.02. The van der Waals surface area contributed by atoms with Crippen molar-refractivity contribution in [3.05, 3.63) is 35.4 Å². The number of unbranched alkanes of at least 4 members (excludes halogenated alkanes) is 1. The number of hydrogen-bond donors (Lipinski definition) is 5. The van der Waals surface area contributed by atoms with Crippen molar-refractivity contribution in [3.63, 3.8) is 0 Å². The summed E-state index contributed by atoms with van der Waals surface area (Å²) in [6.07, 6.45) is -3.26. The number of carbonyl (C=O) groups is 3. The zero-order valence-corrected chi connectivity index (χ0v) is 23.3. The molecule has 5 rings (SSSR count). The van der Waals surface area contributed by atoms with E-state index in [1.807, 2.05) is 11.8 Å². The minimum absolute atomic E-state index is 0.0813. The molecule has 0 saturated carbocycles. The number of nitrogens with one attached hydrogen (secondary N) is 3. The third-order valence-electron chi connectivity index (χ3n) is 7.51. The highest BCUT2D eigenvalue weighted by Gasteiger charge is 2.49. The molecule has 9 atom stereocenters. The first-order chi connectivity index (χ1) is 19.3. The summed E-state index contributed by atoms with van der Waals surface area (Å²) in [5, 5.41) is 29.7. The molecule has 12 nitrogen and oxygen atoms in total. The molecule has 4 saturated heterocycles. The molecular weight excluding hydrogens is 566 g/mol. The van der Waals surface area contributed by atoms with Crippen molar-refractivity contribution < 1.29 is 43.5 Å². The average molecular weight is 600 g/mol. The van der Waals surface area contributed by atoms with Gasteiger partial charge in [0.15, 0.2) is 12.5 Å². The summed E-state index contributed by atoms with van der Waals surface area (Å²) in [6, 6.07) is 7.47. The van der Waals surface area contributed by atoms with E-state index in [1.54, 1.807) is 24.3 Å². The van der Waals surface area contributed by atoms with Gasteiger partial charge in [0.05, 0.1) is 18.7 Å². The summed E-state index contributed by atoms with van der Waals surface area (Å²) < 4.78 is 22.7.